The maximum atomic E-state index is 11.5. The topological polar surface area (TPSA) is 85.5 Å². The van der Waals surface area contributed by atoms with E-state index in [-0.39, 0.29) is 17.0 Å². The first-order valence-corrected chi connectivity index (χ1v) is 7.76. The van der Waals surface area contributed by atoms with Crippen molar-refractivity contribution in [3.8, 4) is 11.1 Å². The van der Waals surface area contributed by atoms with Crippen molar-refractivity contribution < 1.29 is 9.90 Å². The molecule has 5 heteroatoms. The van der Waals surface area contributed by atoms with Gasteiger partial charge in [0.15, 0.2) is 0 Å². The SMILES string of the molecule is CN/N=C1\C(=N)C=C(c2ccc(-c3ccccc3)cc2)C=C1C(=O)O. The summed E-state index contributed by atoms with van der Waals surface area (Å²) in [7, 11) is 1.57. The van der Waals surface area contributed by atoms with Crippen molar-refractivity contribution in [2.75, 3.05) is 7.05 Å². The number of carboxylic acids is 1. The minimum atomic E-state index is -1.11. The first-order chi connectivity index (χ1) is 12.1. The van der Waals surface area contributed by atoms with Crippen LogP contribution in [0.4, 0.5) is 0 Å². The van der Waals surface area contributed by atoms with Crippen LogP contribution < -0.4 is 5.43 Å². The Bertz CT molecular complexity index is 908. The van der Waals surface area contributed by atoms with E-state index in [1.165, 1.54) is 0 Å². The Morgan fingerprint density at radius 3 is 2.16 bits per heavy atom. The molecule has 0 atom stereocenters. The Balaban J connectivity index is 1.97. The molecular weight excluding hydrogens is 314 g/mol. The lowest BCUT2D eigenvalue weighted by Gasteiger charge is -2.15. The van der Waals surface area contributed by atoms with Gasteiger partial charge in [-0.15, -0.1) is 0 Å². The molecule has 0 heterocycles. The molecule has 0 amide bonds. The smallest absolute Gasteiger partial charge is 0.338 e. The average Bonchev–Trinajstić information content (AvgIpc) is 2.64. The largest absolute Gasteiger partial charge is 0.478 e. The average molecular weight is 331 g/mol. The number of rotatable bonds is 4. The molecule has 1 aliphatic carbocycles. The second-order valence-corrected chi connectivity index (χ2v) is 5.50. The summed E-state index contributed by atoms with van der Waals surface area (Å²) in [6.45, 7) is 0. The van der Waals surface area contributed by atoms with Crippen LogP contribution in [0.5, 0.6) is 0 Å². The first kappa shape index (κ1) is 16.4. The highest BCUT2D eigenvalue weighted by atomic mass is 16.4. The normalized spacial score (nSPS) is 15.6. The van der Waals surface area contributed by atoms with Gasteiger partial charge >= 0.3 is 5.97 Å². The van der Waals surface area contributed by atoms with Crippen LogP contribution >= 0.6 is 0 Å². The Morgan fingerprint density at radius 1 is 0.960 bits per heavy atom. The monoisotopic (exact) mass is 331 g/mol. The van der Waals surface area contributed by atoms with E-state index >= 15 is 0 Å². The highest BCUT2D eigenvalue weighted by molar-refractivity contribution is 6.57. The first-order valence-electron chi connectivity index (χ1n) is 7.76. The molecule has 0 aromatic heterocycles. The minimum Gasteiger partial charge on any atom is -0.478 e. The summed E-state index contributed by atoms with van der Waals surface area (Å²) in [6, 6.07) is 17.8. The Kier molecular flexibility index (Phi) is 4.57. The number of hydrazone groups is 1. The molecule has 2 aromatic carbocycles. The second-order valence-electron chi connectivity index (χ2n) is 5.50. The second kappa shape index (κ2) is 6.97. The van der Waals surface area contributed by atoms with Gasteiger partial charge < -0.3 is 10.5 Å². The molecule has 0 saturated carbocycles. The van der Waals surface area contributed by atoms with Gasteiger partial charge in [0.05, 0.1) is 11.3 Å². The lowest BCUT2D eigenvalue weighted by atomic mass is 9.91. The van der Waals surface area contributed by atoms with Crippen LogP contribution in [0.2, 0.25) is 0 Å². The van der Waals surface area contributed by atoms with E-state index in [2.05, 4.69) is 10.5 Å². The van der Waals surface area contributed by atoms with Gasteiger partial charge in [0.2, 0.25) is 0 Å². The molecule has 5 nitrogen and oxygen atoms in total. The third-order valence-electron chi connectivity index (χ3n) is 3.89. The molecule has 0 bridgehead atoms. The number of nitrogens with one attached hydrogen (secondary N) is 2. The zero-order chi connectivity index (χ0) is 17.8. The fourth-order valence-electron chi connectivity index (χ4n) is 2.68. The predicted molar refractivity (Wildman–Crippen MR) is 99.8 cm³/mol. The van der Waals surface area contributed by atoms with Crippen LogP contribution in [0, 0.1) is 5.41 Å². The summed E-state index contributed by atoms with van der Waals surface area (Å²) in [5.41, 5.74) is 6.47. The number of allylic oxidation sites excluding steroid dienone is 3. The van der Waals surface area contributed by atoms with E-state index in [9.17, 15) is 9.90 Å². The molecule has 1 aliphatic rings. The van der Waals surface area contributed by atoms with Gasteiger partial charge in [-0.2, -0.15) is 5.10 Å². The highest BCUT2D eigenvalue weighted by Crippen LogP contribution is 2.26. The summed E-state index contributed by atoms with van der Waals surface area (Å²) in [5, 5.41) is 21.4. The molecule has 0 saturated heterocycles. The molecular formula is C20H17N3O2. The highest BCUT2D eigenvalue weighted by Gasteiger charge is 2.23. The van der Waals surface area contributed by atoms with Crippen LogP contribution in [0.15, 0.2) is 77.4 Å². The minimum absolute atomic E-state index is 0.00369. The van der Waals surface area contributed by atoms with Crippen LogP contribution in [0.3, 0.4) is 0 Å². The Labute approximate surface area is 145 Å². The van der Waals surface area contributed by atoms with Crippen LogP contribution in [-0.2, 0) is 4.79 Å². The molecule has 0 aliphatic heterocycles. The molecule has 0 unspecified atom stereocenters. The van der Waals surface area contributed by atoms with E-state index < -0.39 is 5.97 Å². The van der Waals surface area contributed by atoms with E-state index in [1.807, 2.05) is 54.6 Å². The fourth-order valence-corrected chi connectivity index (χ4v) is 2.68. The molecule has 2 aromatic rings. The van der Waals surface area contributed by atoms with E-state index in [1.54, 1.807) is 19.2 Å². The quantitative estimate of drug-likeness (QED) is 0.593. The van der Waals surface area contributed by atoms with Gasteiger partial charge in [-0.1, -0.05) is 54.6 Å². The molecule has 3 rings (SSSR count). The van der Waals surface area contributed by atoms with Crippen molar-refractivity contribution in [3.05, 3.63) is 77.9 Å². The third-order valence-corrected chi connectivity index (χ3v) is 3.89. The van der Waals surface area contributed by atoms with Gasteiger partial charge in [0, 0.05) is 7.05 Å². The van der Waals surface area contributed by atoms with Crippen LogP contribution in [-0.4, -0.2) is 29.5 Å². The lowest BCUT2D eigenvalue weighted by Crippen LogP contribution is -2.25. The van der Waals surface area contributed by atoms with Crippen molar-refractivity contribution in [2.24, 2.45) is 5.10 Å². The molecule has 0 fully saturated rings. The van der Waals surface area contributed by atoms with E-state index in [4.69, 9.17) is 5.41 Å². The van der Waals surface area contributed by atoms with E-state index in [0.717, 1.165) is 16.7 Å². The summed E-state index contributed by atoms with van der Waals surface area (Å²) < 4.78 is 0. The van der Waals surface area contributed by atoms with Crippen molar-refractivity contribution >= 4 is 23.0 Å². The van der Waals surface area contributed by atoms with Gasteiger partial charge in [-0.3, -0.25) is 5.41 Å². The van der Waals surface area contributed by atoms with E-state index in [0.29, 0.717) is 5.57 Å². The number of carbonyl (C=O) groups is 1. The van der Waals surface area contributed by atoms with Crippen molar-refractivity contribution in [3.63, 3.8) is 0 Å². The summed E-state index contributed by atoms with van der Waals surface area (Å²) in [5.74, 6) is -1.11. The van der Waals surface area contributed by atoms with Gasteiger partial charge in [0.1, 0.15) is 5.71 Å². The van der Waals surface area contributed by atoms with Crippen molar-refractivity contribution in [2.45, 2.75) is 0 Å². The third kappa shape index (κ3) is 3.40. The molecule has 0 spiro atoms. The summed E-state index contributed by atoms with van der Waals surface area (Å²) in [4.78, 5) is 11.5. The zero-order valence-electron chi connectivity index (χ0n) is 13.7. The maximum Gasteiger partial charge on any atom is 0.338 e. The van der Waals surface area contributed by atoms with Crippen LogP contribution in [0.25, 0.3) is 16.7 Å². The molecule has 3 N–H and O–H groups in total. The Hall–Kier alpha value is -3.47. The maximum absolute atomic E-state index is 11.5. The number of aliphatic carboxylic acids is 1. The summed E-state index contributed by atoms with van der Waals surface area (Å²) >= 11 is 0. The Morgan fingerprint density at radius 2 is 1.56 bits per heavy atom. The zero-order valence-corrected chi connectivity index (χ0v) is 13.7. The standard InChI is InChI=1S/C20H17N3O2/c1-22-23-19-17(20(24)25)11-16(12-18(19)21)15-9-7-14(8-10-15)13-5-3-2-4-6-13/h2-12,21-22H,1H3,(H,24,25)/b21-18?,23-19-. The number of hydrogen-bond donors (Lipinski definition) is 3. The molecule has 0 radical (unpaired) electrons. The number of nitrogens with zero attached hydrogens (tertiary/aromatic N) is 1. The molecule has 124 valence electrons. The van der Waals surface area contributed by atoms with Crippen LogP contribution in [0.1, 0.15) is 5.56 Å². The summed E-state index contributed by atoms with van der Waals surface area (Å²) in [6.07, 6.45) is 3.17. The van der Waals surface area contributed by atoms with Gasteiger partial charge in [-0.25, -0.2) is 4.79 Å². The molecule has 25 heavy (non-hydrogen) atoms. The number of carboxylic acid groups (broad SMARTS) is 1. The lowest BCUT2D eigenvalue weighted by molar-refractivity contribution is -0.132. The van der Waals surface area contributed by atoms with Gasteiger partial charge in [-0.05, 0) is 34.4 Å². The van der Waals surface area contributed by atoms with Crippen molar-refractivity contribution in [1.82, 2.24) is 5.43 Å². The number of benzene rings is 2. The van der Waals surface area contributed by atoms with Gasteiger partial charge in [0.25, 0.3) is 0 Å². The predicted octanol–water partition coefficient (Wildman–Crippen LogP) is 3.36. The van der Waals surface area contributed by atoms with Crippen molar-refractivity contribution in [1.29, 1.82) is 5.41 Å². The number of hydrogen-bond acceptors (Lipinski definition) is 4. The fraction of sp³-hybridized carbons (Fsp3) is 0.0500.